The van der Waals surface area contributed by atoms with Crippen LogP contribution in [0.2, 0.25) is 0 Å². The Balaban J connectivity index is 1.48. The van der Waals surface area contributed by atoms with Crippen molar-refractivity contribution in [3.63, 3.8) is 0 Å². The summed E-state index contributed by atoms with van der Waals surface area (Å²) in [5.74, 6) is -1.04. The quantitative estimate of drug-likeness (QED) is 0.603. The van der Waals surface area contributed by atoms with Crippen LogP contribution in [0.15, 0.2) is 59.3 Å². The van der Waals surface area contributed by atoms with Gasteiger partial charge in [0.05, 0.1) is 5.69 Å². The molecule has 7 heteroatoms. The fourth-order valence-electron chi connectivity index (χ4n) is 4.43. The molecule has 0 saturated carbocycles. The van der Waals surface area contributed by atoms with Gasteiger partial charge in [0, 0.05) is 23.8 Å². The molecule has 2 aromatic rings. The molecule has 1 N–H and O–H groups in total. The Morgan fingerprint density at radius 3 is 2.33 bits per heavy atom. The van der Waals surface area contributed by atoms with E-state index in [-0.39, 0.29) is 22.7 Å². The van der Waals surface area contributed by atoms with Crippen LogP contribution < -0.4 is 10.2 Å². The van der Waals surface area contributed by atoms with Crippen LogP contribution in [0.3, 0.4) is 0 Å². The van der Waals surface area contributed by atoms with Crippen LogP contribution in [0.1, 0.15) is 55.5 Å². The highest BCUT2D eigenvalue weighted by Crippen LogP contribution is 2.30. The molecule has 2 aromatic carbocycles. The van der Waals surface area contributed by atoms with Crippen LogP contribution in [-0.2, 0) is 16.0 Å². The third-order valence-electron chi connectivity index (χ3n) is 6.39. The van der Waals surface area contributed by atoms with Crippen LogP contribution in [0.5, 0.6) is 0 Å². The molecule has 2 heterocycles. The minimum Gasteiger partial charge on any atom is -0.350 e. The van der Waals surface area contributed by atoms with Gasteiger partial charge < -0.3 is 10.2 Å². The number of amides is 3. The lowest BCUT2D eigenvalue weighted by Crippen LogP contribution is -2.43. The van der Waals surface area contributed by atoms with Gasteiger partial charge in [-0.2, -0.15) is 0 Å². The molecular weight excluding hydrogens is 438 g/mol. The first kappa shape index (κ1) is 23.1. The van der Waals surface area contributed by atoms with E-state index in [2.05, 4.69) is 12.2 Å². The van der Waals surface area contributed by atoms with Gasteiger partial charge in [-0.05, 0) is 74.1 Å². The summed E-state index contributed by atoms with van der Waals surface area (Å²) in [6.45, 7) is 4.93. The van der Waals surface area contributed by atoms with E-state index < -0.39 is 11.8 Å². The second-order valence-electron chi connectivity index (χ2n) is 8.41. The summed E-state index contributed by atoms with van der Waals surface area (Å²) in [6, 6.07) is 14.5. The molecule has 6 nitrogen and oxygen atoms in total. The van der Waals surface area contributed by atoms with E-state index in [9.17, 15) is 14.4 Å². The van der Waals surface area contributed by atoms with Crippen LogP contribution in [0.4, 0.5) is 11.4 Å². The number of hydrogen-bond donors (Lipinski definition) is 1. The number of likely N-dealkylation sites (tertiary alicyclic amines) is 1. The van der Waals surface area contributed by atoms with Gasteiger partial charge in [-0.15, -0.1) is 0 Å². The molecule has 2 aliphatic heterocycles. The number of piperidine rings is 1. The maximum atomic E-state index is 13.0. The smallest absolute Gasteiger partial charge is 0.283 e. The first-order chi connectivity index (χ1) is 15.9. The monoisotopic (exact) mass is 465 g/mol. The number of aryl methyl sites for hydroxylation is 1. The van der Waals surface area contributed by atoms with E-state index in [1.165, 1.54) is 0 Å². The molecule has 3 amide bonds. The largest absolute Gasteiger partial charge is 0.350 e. The van der Waals surface area contributed by atoms with E-state index in [0.29, 0.717) is 16.9 Å². The maximum absolute atomic E-state index is 13.0. The minimum absolute atomic E-state index is 0.0270. The van der Waals surface area contributed by atoms with Crippen LogP contribution in [0.25, 0.3) is 0 Å². The fourth-order valence-corrected chi connectivity index (χ4v) is 4.64. The number of halogens is 1. The summed E-state index contributed by atoms with van der Waals surface area (Å²) in [5, 5.41) is 2.82. The van der Waals surface area contributed by atoms with Crippen LogP contribution in [0, 0.1) is 0 Å². The summed E-state index contributed by atoms with van der Waals surface area (Å²) >= 11 is 6.24. The van der Waals surface area contributed by atoms with Crippen molar-refractivity contribution in [2.75, 3.05) is 16.8 Å². The highest BCUT2D eigenvalue weighted by atomic mass is 35.5. The van der Waals surface area contributed by atoms with Gasteiger partial charge in [0.2, 0.25) is 0 Å². The molecule has 33 heavy (non-hydrogen) atoms. The Labute approximate surface area is 199 Å². The Morgan fingerprint density at radius 1 is 1.00 bits per heavy atom. The normalized spacial score (nSPS) is 18.8. The van der Waals surface area contributed by atoms with Crippen molar-refractivity contribution in [1.82, 2.24) is 4.90 Å². The molecule has 1 unspecified atom stereocenters. The molecule has 0 aliphatic carbocycles. The molecular formula is C26H28ClN3O3. The van der Waals surface area contributed by atoms with Gasteiger partial charge in [0.15, 0.2) is 0 Å². The van der Waals surface area contributed by atoms with E-state index >= 15 is 0 Å². The zero-order valence-corrected chi connectivity index (χ0v) is 19.7. The Hall–Kier alpha value is -3.12. The van der Waals surface area contributed by atoms with Crippen LogP contribution in [-0.4, -0.2) is 35.2 Å². The average molecular weight is 466 g/mol. The fraction of sp³-hybridized carbons (Fsp3) is 0.346. The van der Waals surface area contributed by atoms with Crippen molar-refractivity contribution in [1.29, 1.82) is 0 Å². The van der Waals surface area contributed by atoms with Crippen molar-refractivity contribution in [2.24, 2.45) is 0 Å². The highest BCUT2D eigenvalue weighted by molar-refractivity contribution is 6.53. The molecule has 0 aromatic heterocycles. The predicted molar refractivity (Wildman–Crippen MR) is 130 cm³/mol. The Morgan fingerprint density at radius 2 is 1.70 bits per heavy atom. The highest BCUT2D eigenvalue weighted by Gasteiger charge is 2.39. The van der Waals surface area contributed by atoms with Crippen molar-refractivity contribution in [3.8, 4) is 0 Å². The third kappa shape index (κ3) is 4.53. The number of imide groups is 1. The lowest BCUT2D eigenvalue weighted by Gasteiger charge is -2.35. The van der Waals surface area contributed by atoms with Crippen molar-refractivity contribution in [2.45, 2.75) is 52.0 Å². The molecule has 0 spiro atoms. The van der Waals surface area contributed by atoms with Gasteiger partial charge in [0.25, 0.3) is 17.7 Å². The summed E-state index contributed by atoms with van der Waals surface area (Å²) in [7, 11) is 0. The standard InChI is InChI=1S/C26H28ClN3O3/c1-3-17-8-14-21(15-9-17)30-25(32)22(27)23(26(30)33)28-19-12-10-18(11-13-19)24(31)29-16-6-5-7-20(29)4-2/h8-15,20,28H,3-7,16H2,1-2H3. The number of nitrogens with zero attached hydrogens (tertiary/aromatic N) is 2. The number of carbonyl (C=O) groups excluding carboxylic acids is 3. The number of carbonyl (C=O) groups is 3. The van der Waals surface area contributed by atoms with E-state index in [1.54, 1.807) is 36.4 Å². The number of benzene rings is 2. The summed E-state index contributed by atoms with van der Waals surface area (Å²) in [5.41, 5.74) is 2.80. The van der Waals surface area contributed by atoms with E-state index in [4.69, 9.17) is 11.6 Å². The van der Waals surface area contributed by atoms with Gasteiger partial charge in [-0.3, -0.25) is 14.4 Å². The van der Waals surface area contributed by atoms with Gasteiger partial charge in [-0.1, -0.05) is 37.6 Å². The Kier molecular flexibility index (Phi) is 6.84. The number of rotatable bonds is 6. The third-order valence-corrected chi connectivity index (χ3v) is 6.74. The van der Waals surface area contributed by atoms with E-state index in [0.717, 1.165) is 49.1 Å². The van der Waals surface area contributed by atoms with Crippen molar-refractivity contribution < 1.29 is 14.4 Å². The number of hydrogen-bond acceptors (Lipinski definition) is 4. The van der Waals surface area contributed by atoms with Gasteiger partial charge in [0.1, 0.15) is 10.7 Å². The molecule has 1 saturated heterocycles. The molecule has 1 atom stereocenters. The lowest BCUT2D eigenvalue weighted by molar-refractivity contribution is -0.120. The van der Waals surface area contributed by atoms with E-state index in [1.807, 2.05) is 24.0 Å². The second-order valence-corrected chi connectivity index (χ2v) is 8.79. The van der Waals surface area contributed by atoms with Gasteiger partial charge in [-0.25, -0.2) is 4.90 Å². The molecule has 172 valence electrons. The molecule has 0 bridgehead atoms. The lowest BCUT2D eigenvalue weighted by atomic mass is 9.99. The number of nitrogens with one attached hydrogen (secondary N) is 1. The first-order valence-corrected chi connectivity index (χ1v) is 11.9. The number of anilines is 2. The van der Waals surface area contributed by atoms with Gasteiger partial charge >= 0.3 is 0 Å². The SMILES string of the molecule is CCc1ccc(N2C(=O)C(Cl)=C(Nc3ccc(C(=O)N4CCCCC4CC)cc3)C2=O)cc1. The van der Waals surface area contributed by atoms with Crippen molar-refractivity contribution >= 4 is 40.7 Å². The summed E-state index contributed by atoms with van der Waals surface area (Å²) < 4.78 is 0. The summed E-state index contributed by atoms with van der Waals surface area (Å²) in [6.07, 6.45) is 5.05. The summed E-state index contributed by atoms with van der Waals surface area (Å²) in [4.78, 5) is 41.7. The molecule has 1 fully saturated rings. The average Bonchev–Trinajstić information content (AvgIpc) is 3.07. The predicted octanol–water partition coefficient (Wildman–Crippen LogP) is 5.09. The molecule has 0 radical (unpaired) electrons. The molecule has 2 aliphatic rings. The zero-order chi connectivity index (χ0) is 23.5. The Bertz CT molecular complexity index is 1090. The molecule has 4 rings (SSSR count). The van der Waals surface area contributed by atoms with Crippen LogP contribution >= 0.6 is 11.6 Å². The first-order valence-electron chi connectivity index (χ1n) is 11.5. The minimum atomic E-state index is -0.559. The second kappa shape index (κ2) is 9.79. The maximum Gasteiger partial charge on any atom is 0.283 e. The zero-order valence-electron chi connectivity index (χ0n) is 18.9. The van der Waals surface area contributed by atoms with Crippen molar-refractivity contribution in [3.05, 3.63) is 70.4 Å². The topological polar surface area (TPSA) is 69.7 Å².